The van der Waals surface area contributed by atoms with Gasteiger partial charge in [-0.15, -0.1) is 0 Å². The normalized spacial score (nSPS) is 11.0. The van der Waals surface area contributed by atoms with Crippen molar-refractivity contribution in [2.24, 2.45) is 0 Å². The molecule has 0 atom stereocenters. The van der Waals surface area contributed by atoms with Gasteiger partial charge in [0.05, 0.1) is 0 Å². The van der Waals surface area contributed by atoms with Gasteiger partial charge in [0.2, 0.25) is 0 Å². The molecule has 112 valence electrons. The van der Waals surface area contributed by atoms with Gasteiger partial charge in [-0.2, -0.15) is 0 Å². The quantitative estimate of drug-likeness (QED) is 0.670. The van der Waals surface area contributed by atoms with Crippen LogP contribution < -0.4 is 0 Å². The molecule has 0 aliphatic carbocycles. The van der Waals surface area contributed by atoms with Gasteiger partial charge in [-0.25, -0.2) is 17.6 Å². The average molecular weight is 314 g/mol. The fourth-order valence-corrected chi connectivity index (χ4v) is 3.46. The maximum atomic E-state index is 13.8. The fraction of sp³-hybridized carbons (Fsp3) is 0.250. The van der Waals surface area contributed by atoms with Crippen LogP contribution in [0.3, 0.4) is 0 Å². The summed E-state index contributed by atoms with van der Waals surface area (Å²) >= 11 is 0.987. The second-order valence-electron chi connectivity index (χ2n) is 4.54. The summed E-state index contributed by atoms with van der Waals surface area (Å²) < 4.78 is 54.3. The summed E-state index contributed by atoms with van der Waals surface area (Å²) in [6.07, 6.45) is 0.738. The Balaban J connectivity index is 2.52. The predicted octanol–water partition coefficient (Wildman–Crippen LogP) is 5.52. The van der Waals surface area contributed by atoms with Gasteiger partial charge in [0, 0.05) is 33.1 Å². The van der Waals surface area contributed by atoms with Crippen molar-refractivity contribution >= 4 is 11.8 Å². The predicted molar refractivity (Wildman–Crippen MR) is 75.6 cm³/mol. The topological polar surface area (TPSA) is 0 Å². The Morgan fingerprint density at radius 3 is 1.43 bits per heavy atom. The zero-order valence-electron chi connectivity index (χ0n) is 11.6. The second-order valence-corrected chi connectivity index (χ2v) is 5.62. The maximum absolute atomic E-state index is 13.8. The van der Waals surface area contributed by atoms with Crippen molar-refractivity contribution in [1.82, 2.24) is 0 Å². The van der Waals surface area contributed by atoms with E-state index in [2.05, 4.69) is 0 Å². The SMILES string of the molecule is CCc1c(F)cc(F)cc1Sc1cc(F)cc(F)c1CC. The number of hydrogen-bond acceptors (Lipinski definition) is 1. The fourth-order valence-electron chi connectivity index (χ4n) is 2.15. The maximum Gasteiger partial charge on any atom is 0.130 e. The van der Waals surface area contributed by atoms with Crippen LogP contribution in [0.1, 0.15) is 25.0 Å². The molecule has 0 spiro atoms. The molecule has 0 bridgehead atoms. The molecule has 0 heterocycles. The van der Waals surface area contributed by atoms with Crippen molar-refractivity contribution in [1.29, 1.82) is 0 Å². The molecule has 0 amide bonds. The lowest BCUT2D eigenvalue weighted by Gasteiger charge is -2.12. The molecule has 5 heteroatoms. The lowest BCUT2D eigenvalue weighted by atomic mass is 10.1. The van der Waals surface area contributed by atoms with E-state index >= 15 is 0 Å². The van der Waals surface area contributed by atoms with Gasteiger partial charge in [-0.1, -0.05) is 25.6 Å². The van der Waals surface area contributed by atoms with Gasteiger partial charge >= 0.3 is 0 Å². The Morgan fingerprint density at radius 1 is 0.714 bits per heavy atom. The van der Waals surface area contributed by atoms with Crippen molar-refractivity contribution < 1.29 is 17.6 Å². The number of rotatable bonds is 4. The molecule has 0 unspecified atom stereocenters. The van der Waals surface area contributed by atoms with Crippen LogP contribution in [-0.4, -0.2) is 0 Å². The molecule has 2 aromatic carbocycles. The minimum atomic E-state index is -0.706. The zero-order valence-corrected chi connectivity index (χ0v) is 12.5. The van der Waals surface area contributed by atoms with E-state index in [0.717, 1.165) is 23.9 Å². The van der Waals surface area contributed by atoms with Gasteiger partial charge in [0.25, 0.3) is 0 Å². The van der Waals surface area contributed by atoms with Crippen LogP contribution in [0.25, 0.3) is 0 Å². The van der Waals surface area contributed by atoms with Crippen LogP contribution in [0.4, 0.5) is 17.6 Å². The largest absolute Gasteiger partial charge is 0.207 e. The van der Waals surface area contributed by atoms with Gasteiger partial charge in [-0.3, -0.25) is 0 Å². The number of benzene rings is 2. The first kappa shape index (κ1) is 15.9. The summed E-state index contributed by atoms with van der Waals surface area (Å²) in [4.78, 5) is 0.685. The molecule has 0 saturated heterocycles. The molecule has 21 heavy (non-hydrogen) atoms. The van der Waals surface area contributed by atoms with Crippen LogP contribution >= 0.6 is 11.8 Å². The average Bonchev–Trinajstić information content (AvgIpc) is 2.37. The molecular weight excluding hydrogens is 300 g/mol. The Morgan fingerprint density at radius 2 is 1.10 bits per heavy atom. The smallest absolute Gasteiger partial charge is 0.130 e. The Hall–Kier alpha value is -1.49. The Bertz CT molecular complexity index is 610. The molecule has 0 nitrogen and oxygen atoms in total. The van der Waals surface area contributed by atoms with Crippen molar-refractivity contribution in [3.05, 3.63) is 58.7 Å². The van der Waals surface area contributed by atoms with E-state index in [0.29, 0.717) is 33.8 Å². The van der Waals surface area contributed by atoms with Crippen LogP contribution in [0.2, 0.25) is 0 Å². The van der Waals surface area contributed by atoms with Gasteiger partial charge in [0.15, 0.2) is 0 Å². The van der Waals surface area contributed by atoms with E-state index in [4.69, 9.17) is 0 Å². The molecule has 0 saturated carbocycles. The third-order valence-corrected chi connectivity index (χ3v) is 4.33. The lowest BCUT2D eigenvalue weighted by Crippen LogP contribution is -1.97. The van der Waals surface area contributed by atoms with E-state index in [9.17, 15) is 17.6 Å². The van der Waals surface area contributed by atoms with Crippen molar-refractivity contribution in [3.8, 4) is 0 Å². The highest BCUT2D eigenvalue weighted by atomic mass is 32.2. The van der Waals surface area contributed by atoms with Gasteiger partial charge in [0.1, 0.15) is 23.3 Å². The van der Waals surface area contributed by atoms with Crippen molar-refractivity contribution in [2.75, 3.05) is 0 Å². The molecule has 0 aliphatic rings. The Labute approximate surface area is 125 Å². The van der Waals surface area contributed by atoms with Crippen LogP contribution in [0.15, 0.2) is 34.1 Å². The summed E-state index contributed by atoms with van der Waals surface area (Å²) in [6, 6.07) is 4.01. The highest BCUT2D eigenvalue weighted by Gasteiger charge is 2.15. The minimum absolute atomic E-state index is 0.341. The highest BCUT2D eigenvalue weighted by Crippen LogP contribution is 2.36. The van der Waals surface area contributed by atoms with Crippen molar-refractivity contribution in [2.45, 2.75) is 36.5 Å². The van der Waals surface area contributed by atoms with Crippen LogP contribution in [-0.2, 0) is 12.8 Å². The molecule has 0 N–H and O–H groups in total. The lowest BCUT2D eigenvalue weighted by molar-refractivity contribution is 0.564. The van der Waals surface area contributed by atoms with Gasteiger partial charge < -0.3 is 0 Å². The molecule has 0 radical (unpaired) electrons. The molecule has 0 aromatic heterocycles. The summed E-state index contributed by atoms with van der Waals surface area (Å²) in [5, 5.41) is 0. The first-order valence-corrected chi connectivity index (χ1v) is 7.41. The third kappa shape index (κ3) is 3.40. The molecule has 2 aromatic rings. The van der Waals surface area contributed by atoms with Crippen molar-refractivity contribution in [3.63, 3.8) is 0 Å². The summed E-state index contributed by atoms with van der Waals surface area (Å²) in [6.45, 7) is 3.49. The first-order valence-electron chi connectivity index (χ1n) is 6.59. The van der Waals surface area contributed by atoms with E-state index in [1.807, 2.05) is 0 Å². The summed E-state index contributed by atoms with van der Waals surface area (Å²) in [7, 11) is 0. The van der Waals surface area contributed by atoms with E-state index < -0.39 is 23.3 Å². The molecule has 0 fully saturated rings. The van der Waals surface area contributed by atoms with E-state index in [1.165, 1.54) is 12.1 Å². The van der Waals surface area contributed by atoms with Crippen LogP contribution in [0, 0.1) is 23.3 Å². The first-order chi connectivity index (χ1) is 9.96. The van der Waals surface area contributed by atoms with E-state index in [-0.39, 0.29) is 0 Å². The zero-order chi connectivity index (χ0) is 15.6. The molecular formula is C16H14F4S. The molecule has 0 aliphatic heterocycles. The summed E-state index contributed by atoms with van der Waals surface area (Å²) in [5.41, 5.74) is 0.682. The highest BCUT2D eigenvalue weighted by molar-refractivity contribution is 7.99. The van der Waals surface area contributed by atoms with Crippen LogP contribution in [0.5, 0.6) is 0 Å². The monoisotopic (exact) mass is 314 g/mol. The minimum Gasteiger partial charge on any atom is -0.207 e. The van der Waals surface area contributed by atoms with E-state index in [1.54, 1.807) is 13.8 Å². The number of halogens is 4. The second kappa shape index (κ2) is 6.52. The standard InChI is InChI=1S/C16H14F4S/c1-3-11-13(19)5-9(17)7-15(11)21-16-8-10(18)6-14(20)12(16)4-2/h5-8H,3-4H2,1-2H3. The number of hydrogen-bond donors (Lipinski definition) is 0. The van der Waals surface area contributed by atoms with Gasteiger partial charge in [-0.05, 0) is 25.0 Å². The third-order valence-electron chi connectivity index (χ3n) is 3.17. The summed E-state index contributed by atoms with van der Waals surface area (Å²) in [5.74, 6) is -2.70. The molecule has 2 rings (SSSR count). The Kier molecular flexibility index (Phi) is 4.93.